The van der Waals surface area contributed by atoms with Crippen LogP contribution in [0.15, 0.2) is 42.5 Å². The summed E-state index contributed by atoms with van der Waals surface area (Å²) in [6, 6.07) is 13.4. The predicted octanol–water partition coefficient (Wildman–Crippen LogP) is 2.98. The lowest BCUT2D eigenvalue weighted by Crippen LogP contribution is -2.05. The fourth-order valence-corrected chi connectivity index (χ4v) is 1.82. The van der Waals surface area contributed by atoms with E-state index in [1.54, 1.807) is 6.07 Å². The molecule has 0 amide bonds. The quantitative estimate of drug-likeness (QED) is 0.611. The molecule has 0 aliphatic carbocycles. The van der Waals surface area contributed by atoms with Crippen molar-refractivity contribution in [2.75, 3.05) is 7.11 Å². The summed E-state index contributed by atoms with van der Waals surface area (Å²) in [6.45, 7) is 0. The molecule has 0 atom stereocenters. The Labute approximate surface area is 105 Å². The number of benzene rings is 2. The van der Waals surface area contributed by atoms with Crippen LogP contribution in [-0.2, 0) is 9.53 Å². The minimum atomic E-state index is -0.357. The zero-order valence-corrected chi connectivity index (χ0v) is 10.2. The van der Waals surface area contributed by atoms with E-state index in [1.165, 1.54) is 7.11 Å². The molecule has 0 N–H and O–H groups in total. The topological polar surface area (TPSA) is 43.4 Å². The van der Waals surface area contributed by atoms with Crippen molar-refractivity contribution < 1.29 is 14.3 Å². The maximum Gasteiger partial charge on any atom is 0.305 e. The third-order valence-electron chi connectivity index (χ3n) is 2.86. The van der Waals surface area contributed by atoms with Crippen LogP contribution in [0.5, 0.6) is 0 Å². The molecule has 0 bridgehead atoms. The van der Waals surface area contributed by atoms with Gasteiger partial charge in [-0.25, -0.2) is 0 Å². The van der Waals surface area contributed by atoms with Gasteiger partial charge in [-0.05, 0) is 16.8 Å². The summed E-state index contributed by atoms with van der Waals surface area (Å²) in [4.78, 5) is 22.9. The zero-order chi connectivity index (χ0) is 13.0. The first-order valence-electron chi connectivity index (χ1n) is 5.79. The largest absolute Gasteiger partial charge is 0.469 e. The first-order chi connectivity index (χ1) is 8.70. The molecule has 0 aliphatic rings. The van der Waals surface area contributed by atoms with Crippen molar-refractivity contribution in [3.8, 4) is 0 Å². The molecule has 3 heteroatoms. The molecule has 0 radical (unpaired) electrons. The van der Waals surface area contributed by atoms with Crippen LogP contribution < -0.4 is 0 Å². The molecule has 0 aliphatic heterocycles. The van der Waals surface area contributed by atoms with Crippen molar-refractivity contribution in [1.29, 1.82) is 0 Å². The first kappa shape index (κ1) is 12.3. The molecule has 2 aromatic carbocycles. The standard InChI is InChI=1S/C15H14O3/c1-18-15(17)9-8-14(16)13-7-6-11-4-2-3-5-12(11)10-13/h2-7,10H,8-9H2,1H3. The van der Waals surface area contributed by atoms with E-state index in [2.05, 4.69) is 4.74 Å². The van der Waals surface area contributed by atoms with E-state index >= 15 is 0 Å². The second kappa shape index (κ2) is 5.45. The number of ketones is 1. The minimum absolute atomic E-state index is 0.0360. The summed E-state index contributed by atoms with van der Waals surface area (Å²) in [5, 5.41) is 2.13. The molecule has 0 unspecified atom stereocenters. The van der Waals surface area contributed by atoms with Gasteiger partial charge in [0.25, 0.3) is 0 Å². The second-order valence-corrected chi connectivity index (χ2v) is 4.06. The average molecular weight is 242 g/mol. The first-order valence-corrected chi connectivity index (χ1v) is 5.79. The van der Waals surface area contributed by atoms with Crippen LogP contribution in [0.2, 0.25) is 0 Å². The molecule has 18 heavy (non-hydrogen) atoms. The molecule has 2 aromatic rings. The molecule has 0 saturated heterocycles. The van der Waals surface area contributed by atoms with Gasteiger partial charge >= 0.3 is 5.97 Å². The number of methoxy groups -OCH3 is 1. The van der Waals surface area contributed by atoms with E-state index in [0.717, 1.165) is 10.8 Å². The lowest BCUT2D eigenvalue weighted by atomic mass is 10.0. The Bertz CT molecular complexity index is 587. The van der Waals surface area contributed by atoms with Gasteiger partial charge in [-0.1, -0.05) is 36.4 Å². The summed E-state index contributed by atoms with van der Waals surface area (Å²) < 4.78 is 4.52. The van der Waals surface area contributed by atoms with Crippen molar-refractivity contribution in [2.24, 2.45) is 0 Å². The normalized spacial score (nSPS) is 10.3. The maximum absolute atomic E-state index is 11.9. The summed E-state index contributed by atoms with van der Waals surface area (Å²) in [7, 11) is 1.32. The monoisotopic (exact) mass is 242 g/mol. The Morgan fingerprint density at radius 3 is 2.44 bits per heavy atom. The number of hydrogen-bond donors (Lipinski definition) is 0. The summed E-state index contributed by atoms with van der Waals surface area (Å²) in [5.41, 5.74) is 0.637. The number of ether oxygens (including phenoxy) is 1. The number of rotatable bonds is 4. The van der Waals surface area contributed by atoms with Crippen LogP contribution in [0.1, 0.15) is 23.2 Å². The van der Waals surface area contributed by atoms with Gasteiger partial charge < -0.3 is 4.74 Å². The van der Waals surface area contributed by atoms with Gasteiger partial charge in [-0.15, -0.1) is 0 Å². The van der Waals surface area contributed by atoms with E-state index in [9.17, 15) is 9.59 Å². The molecule has 3 nitrogen and oxygen atoms in total. The van der Waals surface area contributed by atoms with Crippen molar-refractivity contribution in [1.82, 2.24) is 0 Å². The average Bonchev–Trinajstić information content (AvgIpc) is 2.43. The van der Waals surface area contributed by atoms with Crippen LogP contribution in [0.3, 0.4) is 0 Å². The van der Waals surface area contributed by atoms with Crippen molar-refractivity contribution in [2.45, 2.75) is 12.8 Å². The molecule has 0 saturated carbocycles. The Balaban J connectivity index is 2.15. The minimum Gasteiger partial charge on any atom is -0.469 e. The number of hydrogen-bond acceptors (Lipinski definition) is 3. The van der Waals surface area contributed by atoms with Crippen LogP contribution in [0, 0.1) is 0 Å². The van der Waals surface area contributed by atoms with Gasteiger partial charge in [0.15, 0.2) is 5.78 Å². The number of esters is 1. The van der Waals surface area contributed by atoms with Gasteiger partial charge in [-0.3, -0.25) is 9.59 Å². The van der Waals surface area contributed by atoms with Gasteiger partial charge in [-0.2, -0.15) is 0 Å². The van der Waals surface area contributed by atoms with Crippen LogP contribution in [0.4, 0.5) is 0 Å². The predicted molar refractivity (Wildman–Crippen MR) is 69.5 cm³/mol. The van der Waals surface area contributed by atoms with E-state index in [-0.39, 0.29) is 24.6 Å². The fraction of sp³-hybridized carbons (Fsp3) is 0.200. The molecule has 0 spiro atoms. The highest BCUT2D eigenvalue weighted by atomic mass is 16.5. The highest BCUT2D eigenvalue weighted by Gasteiger charge is 2.09. The molecular formula is C15H14O3. The zero-order valence-electron chi connectivity index (χ0n) is 10.2. The van der Waals surface area contributed by atoms with Crippen molar-refractivity contribution >= 4 is 22.5 Å². The van der Waals surface area contributed by atoms with Crippen molar-refractivity contribution in [3.05, 3.63) is 48.0 Å². The molecule has 2 rings (SSSR count). The number of Topliss-reactive ketones (excluding diaryl/α,β-unsaturated/α-hetero) is 1. The van der Waals surface area contributed by atoms with Crippen LogP contribution in [0.25, 0.3) is 10.8 Å². The number of carbonyl (C=O) groups is 2. The molecule has 0 fully saturated rings. The maximum atomic E-state index is 11.9. The number of carbonyl (C=O) groups excluding carboxylic acids is 2. The van der Waals surface area contributed by atoms with Gasteiger partial charge in [0.05, 0.1) is 13.5 Å². The highest BCUT2D eigenvalue weighted by Crippen LogP contribution is 2.17. The smallest absolute Gasteiger partial charge is 0.305 e. The Kier molecular flexibility index (Phi) is 3.72. The lowest BCUT2D eigenvalue weighted by Gasteiger charge is -2.03. The highest BCUT2D eigenvalue weighted by molar-refractivity contribution is 6.00. The SMILES string of the molecule is COC(=O)CCC(=O)c1ccc2ccccc2c1. The Hall–Kier alpha value is -2.16. The number of fused-ring (bicyclic) bond motifs is 1. The lowest BCUT2D eigenvalue weighted by molar-refractivity contribution is -0.140. The molecule has 0 heterocycles. The third-order valence-corrected chi connectivity index (χ3v) is 2.86. The van der Waals surface area contributed by atoms with Gasteiger partial charge in [0.2, 0.25) is 0 Å². The Morgan fingerprint density at radius 1 is 1.00 bits per heavy atom. The van der Waals surface area contributed by atoms with Gasteiger partial charge in [0.1, 0.15) is 0 Å². The fourth-order valence-electron chi connectivity index (χ4n) is 1.82. The molecule has 92 valence electrons. The van der Waals surface area contributed by atoms with E-state index < -0.39 is 0 Å². The summed E-state index contributed by atoms with van der Waals surface area (Å²) in [5.74, 6) is -0.393. The second-order valence-electron chi connectivity index (χ2n) is 4.06. The van der Waals surface area contributed by atoms with E-state index in [1.807, 2.05) is 36.4 Å². The molecular weight excluding hydrogens is 228 g/mol. The molecule has 0 aromatic heterocycles. The Morgan fingerprint density at radius 2 is 1.72 bits per heavy atom. The van der Waals surface area contributed by atoms with Crippen molar-refractivity contribution in [3.63, 3.8) is 0 Å². The summed E-state index contributed by atoms with van der Waals surface area (Å²) >= 11 is 0. The van der Waals surface area contributed by atoms with E-state index in [0.29, 0.717) is 5.56 Å². The van der Waals surface area contributed by atoms with Crippen LogP contribution in [-0.4, -0.2) is 18.9 Å². The summed E-state index contributed by atoms with van der Waals surface area (Å²) in [6.07, 6.45) is 0.313. The van der Waals surface area contributed by atoms with Crippen LogP contribution >= 0.6 is 0 Å². The van der Waals surface area contributed by atoms with Gasteiger partial charge in [0, 0.05) is 12.0 Å². The van der Waals surface area contributed by atoms with E-state index in [4.69, 9.17) is 0 Å². The third kappa shape index (κ3) is 2.74.